The van der Waals surface area contributed by atoms with Crippen LogP contribution in [-0.4, -0.2) is 28.2 Å². The van der Waals surface area contributed by atoms with Gasteiger partial charge in [0.25, 0.3) is 0 Å². The van der Waals surface area contributed by atoms with E-state index in [1.165, 1.54) is 32.6 Å². The largest absolute Gasteiger partial charge is 0.309 e. The number of fused-ring (bicyclic) bond motifs is 15. The molecule has 0 unspecified atom stereocenters. The first kappa shape index (κ1) is 51.9. The highest BCUT2D eigenvalue weighted by atomic mass is 15.0. The molecule has 0 aliphatic heterocycles. The molecular weight excluding hydrogens is 1140 g/mol. The average molecular weight is 1190 g/mol. The second kappa shape index (κ2) is 20.1. The van der Waals surface area contributed by atoms with E-state index >= 15 is 0 Å². The average Bonchev–Trinajstić information content (AvgIpc) is 1.60. The summed E-state index contributed by atoms with van der Waals surface area (Å²) in [7, 11) is 0. The molecule has 0 atom stereocenters. The number of benzene rings is 14. The molecule has 0 bridgehead atoms. The van der Waals surface area contributed by atoms with Crippen molar-refractivity contribution in [2.24, 2.45) is 0 Å². The smallest absolute Gasteiger partial charge is 0.160 e. The number of nitriles is 1. The minimum atomic E-state index is 0.568. The fourth-order valence-electron chi connectivity index (χ4n) is 15.6. The predicted molar refractivity (Wildman–Crippen MR) is 388 cm³/mol. The summed E-state index contributed by atoms with van der Waals surface area (Å²) in [5.74, 6) is 0.581. The lowest BCUT2D eigenvalue weighted by Gasteiger charge is -2.17. The van der Waals surface area contributed by atoms with Gasteiger partial charge in [0.15, 0.2) is 5.82 Å². The second-order valence-corrected chi connectivity index (χ2v) is 24.8. The second-order valence-electron chi connectivity index (χ2n) is 24.8. The molecule has 0 fully saturated rings. The van der Waals surface area contributed by atoms with Gasteiger partial charge in [-0.2, -0.15) is 5.26 Å². The Morgan fingerprint density at radius 1 is 0.255 bits per heavy atom. The summed E-state index contributed by atoms with van der Waals surface area (Å²) >= 11 is 0. The number of hydrogen-bond donors (Lipinski definition) is 0. The molecule has 20 rings (SSSR count). The summed E-state index contributed by atoms with van der Waals surface area (Å²) in [6, 6.07) is 114. The topological polar surface area (TPSA) is 69.3 Å². The van der Waals surface area contributed by atoms with E-state index in [1.807, 2.05) is 18.2 Å². The van der Waals surface area contributed by atoms with Crippen molar-refractivity contribution < 1.29 is 0 Å². The first-order chi connectivity index (χ1) is 46.6. The molecule has 7 heteroatoms. The molecular formula is C87H51N7. The third-order valence-corrected chi connectivity index (χ3v) is 19.7. The molecule has 0 radical (unpaired) electrons. The van der Waals surface area contributed by atoms with E-state index in [9.17, 15) is 5.26 Å². The van der Waals surface area contributed by atoms with Crippen LogP contribution in [0.25, 0.3) is 188 Å². The number of aromatic nitrogens is 6. The molecule has 0 N–H and O–H groups in total. The van der Waals surface area contributed by atoms with Gasteiger partial charge in [-0.15, -0.1) is 0 Å². The number of para-hydroxylation sites is 6. The van der Waals surface area contributed by atoms with Gasteiger partial charge in [0, 0.05) is 88.1 Å². The molecule has 5 heterocycles. The molecule has 0 amide bonds. The number of hydrogen-bond acceptors (Lipinski definition) is 3. The first-order valence-corrected chi connectivity index (χ1v) is 31.9. The highest BCUT2D eigenvalue weighted by Gasteiger charge is 2.30. The third-order valence-electron chi connectivity index (χ3n) is 19.7. The van der Waals surface area contributed by atoms with Gasteiger partial charge in [0.1, 0.15) is 0 Å². The Morgan fingerprint density at radius 2 is 0.670 bits per heavy atom. The van der Waals surface area contributed by atoms with Crippen molar-refractivity contribution in [1.82, 2.24) is 28.2 Å². The van der Waals surface area contributed by atoms with Crippen molar-refractivity contribution >= 4 is 98.0 Å². The van der Waals surface area contributed by atoms with Gasteiger partial charge in [-0.1, -0.05) is 194 Å². The SMILES string of the molecule is N#Cc1cccc(-c2nc(-c3cc(-n4c5ccccc5c5ccc(-c6ccc7c(c6)c6ccccc6n7-c6ccccc6)cc54)cc(-n4c5ccccc5c5ccc(-c6ccc7c(c6)c6ccccc6n7-c6ccccc6)cc54)c3)nc3c2-c2cccc4cccc-3c24)c1. The van der Waals surface area contributed by atoms with E-state index < -0.39 is 0 Å². The summed E-state index contributed by atoms with van der Waals surface area (Å²) in [6.07, 6.45) is 0. The summed E-state index contributed by atoms with van der Waals surface area (Å²) in [6.45, 7) is 0. The van der Waals surface area contributed by atoms with Crippen LogP contribution in [-0.2, 0) is 0 Å². The Morgan fingerprint density at radius 3 is 1.19 bits per heavy atom. The van der Waals surface area contributed by atoms with Gasteiger partial charge in [0.05, 0.1) is 67.2 Å². The monoisotopic (exact) mass is 1190 g/mol. The Kier molecular flexibility index (Phi) is 11.1. The molecule has 0 saturated heterocycles. The quantitative estimate of drug-likeness (QED) is 0.152. The number of rotatable bonds is 8. The Labute approximate surface area is 539 Å². The Hall–Kier alpha value is -12.9. The molecule has 1 aliphatic rings. The lowest BCUT2D eigenvalue weighted by Crippen LogP contribution is -2.03. The maximum Gasteiger partial charge on any atom is 0.160 e. The Balaban J connectivity index is 0.843. The molecule has 0 spiro atoms. The van der Waals surface area contributed by atoms with Crippen molar-refractivity contribution in [2.45, 2.75) is 0 Å². The van der Waals surface area contributed by atoms with E-state index in [4.69, 9.17) is 9.97 Å². The van der Waals surface area contributed by atoms with E-state index in [1.54, 1.807) is 0 Å². The molecule has 0 saturated carbocycles. The van der Waals surface area contributed by atoms with Gasteiger partial charge in [0.2, 0.25) is 0 Å². The molecule has 19 aromatic rings. The first-order valence-electron chi connectivity index (χ1n) is 31.9. The molecule has 14 aromatic carbocycles. The van der Waals surface area contributed by atoms with E-state index in [2.05, 4.69) is 316 Å². The molecule has 94 heavy (non-hydrogen) atoms. The van der Waals surface area contributed by atoms with Crippen LogP contribution < -0.4 is 0 Å². The van der Waals surface area contributed by atoms with Crippen LogP contribution in [0.5, 0.6) is 0 Å². The fourth-order valence-corrected chi connectivity index (χ4v) is 15.6. The number of nitrogens with zero attached hydrogens (tertiary/aromatic N) is 7. The van der Waals surface area contributed by atoms with Crippen LogP contribution in [0.3, 0.4) is 0 Å². The molecule has 7 nitrogen and oxygen atoms in total. The standard InChI is InChI=1S/C87H51N7/c88-52-53-18-15-21-59(44-53)85-84-71-30-16-19-54-20-17-31-72(83(54)71)86(84)90-87(89-85)60-45-63(93-75-32-11-7-26-65(75)69-40-36-57(49-81(69)93)55-38-42-79-73(47-55)67-28-9-13-34-77(67)91(79)61-22-3-1-4-23-61)51-64(46-60)94-76-33-12-8-27-66(76)70-41-37-58(50-82(70)94)56-39-43-80-74(48-56)68-29-10-14-35-78(68)92(80)62-24-5-2-6-25-62/h1-51H. The van der Waals surface area contributed by atoms with Gasteiger partial charge in [-0.3, -0.25) is 0 Å². The fraction of sp³-hybridized carbons (Fsp3) is 0. The van der Waals surface area contributed by atoms with Crippen LogP contribution in [0.1, 0.15) is 5.56 Å². The van der Waals surface area contributed by atoms with Crippen LogP contribution in [0.15, 0.2) is 309 Å². The van der Waals surface area contributed by atoms with Crippen molar-refractivity contribution in [2.75, 3.05) is 0 Å². The van der Waals surface area contributed by atoms with Gasteiger partial charge in [-0.05, 0) is 154 Å². The summed E-state index contributed by atoms with van der Waals surface area (Å²) in [4.78, 5) is 11.5. The maximum atomic E-state index is 10.4. The highest BCUT2D eigenvalue weighted by Crippen LogP contribution is 2.51. The van der Waals surface area contributed by atoms with Crippen LogP contribution in [0.4, 0.5) is 0 Å². The Bertz CT molecular complexity index is 6190. The van der Waals surface area contributed by atoms with Crippen molar-refractivity contribution in [1.29, 1.82) is 5.26 Å². The van der Waals surface area contributed by atoms with E-state index in [-0.39, 0.29) is 0 Å². The zero-order chi connectivity index (χ0) is 61.7. The zero-order valence-corrected chi connectivity index (χ0v) is 50.6. The van der Waals surface area contributed by atoms with Crippen molar-refractivity contribution in [3.63, 3.8) is 0 Å². The maximum absolute atomic E-state index is 10.4. The zero-order valence-electron chi connectivity index (χ0n) is 50.6. The molecule has 5 aromatic heterocycles. The lowest BCUT2D eigenvalue weighted by atomic mass is 9.98. The summed E-state index contributed by atoms with van der Waals surface area (Å²) in [5.41, 5.74) is 24.7. The van der Waals surface area contributed by atoms with Crippen LogP contribution in [0.2, 0.25) is 0 Å². The van der Waals surface area contributed by atoms with Crippen molar-refractivity contribution in [3.8, 4) is 96.1 Å². The molecule has 434 valence electrons. The van der Waals surface area contributed by atoms with E-state index in [0.29, 0.717) is 11.4 Å². The van der Waals surface area contributed by atoms with Gasteiger partial charge in [-0.25, -0.2) is 9.97 Å². The highest BCUT2D eigenvalue weighted by molar-refractivity contribution is 6.18. The molecule has 1 aliphatic carbocycles. The minimum absolute atomic E-state index is 0.568. The predicted octanol–water partition coefficient (Wildman–Crippen LogP) is 22.2. The lowest BCUT2D eigenvalue weighted by molar-refractivity contribution is 1.12. The minimum Gasteiger partial charge on any atom is -0.309 e. The normalized spacial score (nSPS) is 12.0. The summed E-state index contributed by atoms with van der Waals surface area (Å²) < 4.78 is 9.64. The van der Waals surface area contributed by atoms with E-state index in [0.717, 1.165) is 150 Å². The van der Waals surface area contributed by atoms with Crippen LogP contribution in [0, 0.1) is 11.3 Å². The van der Waals surface area contributed by atoms with Gasteiger partial charge < -0.3 is 18.3 Å². The van der Waals surface area contributed by atoms with Gasteiger partial charge >= 0.3 is 0 Å². The summed E-state index contributed by atoms with van der Waals surface area (Å²) in [5, 5.41) is 22.1. The van der Waals surface area contributed by atoms with Crippen molar-refractivity contribution in [3.05, 3.63) is 315 Å². The third kappa shape index (κ3) is 7.65. The van der Waals surface area contributed by atoms with Crippen LogP contribution >= 0.6 is 0 Å².